The second kappa shape index (κ2) is 6.89. The smallest absolute Gasteiger partial charge is 0.315 e. The highest BCUT2D eigenvalue weighted by atomic mass is 16.5. The third-order valence-electron chi connectivity index (χ3n) is 4.70. The van der Waals surface area contributed by atoms with Crippen LogP contribution in [0.1, 0.15) is 18.4 Å². The molecule has 6 heteroatoms. The molecule has 6 nitrogen and oxygen atoms in total. The summed E-state index contributed by atoms with van der Waals surface area (Å²) in [6.07, 6.45) is 2.95. The maximum absolute atomic E-state index is 12.4. The van der Waals surface area contributed by atoms with Crippen molar-refractivity contribution in [2.24, 2.45) is 5.92 Å². The molecule has 2 aliphatic heterocycles. The number of carbonyl (C=O) groups excluding carboxylic acids is 2. The summed E-state index contributed by atoms with van der Waals surface area (Å²) in [6, 6.07) is 7.45. The van der Waals surface area contributed by atoms with Crippen LogP contribution in [0.15, 0.2) is 24.3 Å². The number of hydrogen-bond acceptors (Lipinski definition) is 3. The highest BCUT2D eigenvalue weighted by molar-refractivity contribution is 5.90. The lowest BCUT2D eigenvalue weighted by molar-refractivity contribution is -0.134. The zero-order valence-corrected chi connectivity index (χ0v) is 13.4. The van der Waals surface area contributed by atoms with Gasteiger partial charge in [0.05, 0.1) is 7.11 Å². The van der Waals surface area contributed by atoms with E-state index in [4.69, 9.17) is 4.74 Å². The highest BCUT2D eigenvalue weighted by Gasteiger charge is 2.32. The van der Waals surface area contributed by atoms with Gasteiger partial charge in [0.15, 0.2) is 0 Å². The minimum atomic E-state index is -0.409. The van der Waals surface area contributed by atoms with Crippen molar-refractivity contribution in [1.82, 2.24) is 15.5 Å². The number of nitrogens with one attached hydrogen (secondary N) is 2. The summed E-state index contributed by atoms with van der Waals surface area (Å²) in [5, 5.41) is 5.29. The highest BCUT2D eigenvalue weighted by Crippen LogP contribution is 2.26. The maximum atomic E-state index is 12.4. The van der Waals surface area contributed by atoms with Crippen LogP contribution in [0.4, 0.5) is 4.79 Å². The summed E-state index contributed by atoms with van der Waals surface area (Å²) in [5.74, 6) is 1.52. The van der Waals surface area contributed by atoms with Crippen LogP contribution in [0, 0.1) is 5.92 Å². The van der Waals surface area contributed by atoms with Crippen LogP contribution >= 0.6 is 0 Å². The molecule has 3 amide bonds. The quantitative estimate of drug-likeness (QED) is 0.875. The fourth-order valence-electron chi connectivity index (χ4n) is 3.36. The van der Waals surface area contributed by atoms with Crippen LogP contribution < -0.4 is 15.4 Å². The number of piperidine rings is 1. The van der Waals surface area contributed by atoms with Crippen LogP contribution in [-0.2, 0) is 11.2 Å². The molecule has 2 fully saturated rings. The molecule has 1 unspecified atom stereocenters. The van der Waals surface area contributed by atoms with Gasteiger partial charge in [-0.3, -0.25) is 4.79 Å². The summed E-state index contributed by atoms with van der Waals surface area (Å²) in [6.45, 7) is 1.90. The molecule has 0 aromatic heterocycles. The van der Waals surface area contributed by atoms with Gasteiger partial charge < -0.3 is 20.3 Å². The summed E-state index contributed by atoms with van der Waals surface area (Å²) < 4.78 is 5.41. The van der Waals surface area contributed by atoms with Crippen LogP contribution in [0.3, 0.4) is 0 Å². The van der Waals surface area contributed by atoms with Gasteiger partial charge in [0.25, 0.3) is 0 Å². The van der Waals surface area contributed by atoms with E-state index in [1.54, 1.807) is 7.11 Å². The summed E-state index contributed by atoms with van der Waals surface area (Å²) in [5.41, 5.74) is 1.23. The van der Waals surface area contributed by atoms with E-state index < -0.39 is 6.04 Å². The van der Waals surface area contributed by atoms with Crippen LogP contribution in [-0.4, -0.2) is 49.6 Å². The zero-order chi connectivity index (χ0) is 16.2. The number of carbonyl (C=O) groups is 2. The average Bonchev–Trinajstić information content (AvgIpc) is 3.02. The normalized spacial score (nSPS) is 21.7. The lowest BCUT2D eigenvalue weighted by Gasteiger charge is -2.33. The number of amides is 3. The van der Waals surface area contributed by atoms with E-state index in [2.05, 4.69) is 16.7 Å². The van der Waals surface area contributed by atoms with Crippen LogP contribution in [0.5, 0.6) is 5.75 Å². The van der Waals surface area contributed by atoms with Crippen LogP contribution in [0.2, 0.25) is 0 Å². The van der Waals surface area contributed by atoms with Gasteiger partial charge in [-0.25, -0.2) is 4.79 Å². The molecular formula is C17H23N3O3. The van der Waals surface area contributed by atoms with Crippen molar-refractivity contribution in [2.75, 3.05) is 26.7 Å². The van der Waals surface area contributed by atoms with Gasteiger partial charge in [-0.2, -0.15) is 0 Å². The SMILES string of the molecule is COc1ccccc1CC1CCN(C(=O)C2CNC(=O)N2)CC1. The van der Waals surface area contributed by atoms with Crippen molar-refractivity contribution in [3.05, 3.63) is 29.8 Å². The van der Waals surface area contributed by atoms with Crippen molar-refractivity contribution in [3.63, 3.8) is 0 Å². The van der Waals surface area contributed by atoms with Gasteiger partial charge >= 0.3 is 6.03 Å². The van der Waals surface area contributed by atoms with E-state index in [-0.39, 0.29) is 11.9 Å². The number of rotatable bonds is 4. The Balaban J connectivity index is 1.52. The fraction of sp³-hybridized carbons (Fsp3) is 0.529. The number of methoxy groups -OCH3 is 1. The summed E-state index contributed by atoms with van der Waals surface area (Å²) in [4.78, 5) is 25.4. The Labute approximate surface area is 136 Å². The molecule has 0 radical (unpaired) electrons. The molecular weight excluding hydrogens is 294 g/mol. The Hall–Kier alpha value is -2.24. The molecule has 3 rings (SSSR count). The maximum Gasteiger partial charge on any atom is 0.315 e. The molecule has 124 valence electrons. The van der Waals surface area contributed by atoms with E-state index in [9.17, 15) is 9.59 Å². The number of likely N-dealkylation sites (tertiary alicyclic amines) is 1. The van der Waals surface area contributed by atoms with Gasteiger partial charge in [-0.1, -0.05) is 18.2 Å². The predicted octanol–water partition coefficient (Wildman–Crippen LogP) is 1.16. The molecule has 1 atom stereocenters. The number of nitrogens with zero attached hydrogens (tertiary/aromatic N) is 1. The number of para-hydroxylation sites is 1. The first-order valence-corrected chi connectivity index (χ1v) is 8.12. The minimum absolute atomic E-state index is 0.0269. The van der Waals surface area contributed by atoms with Crippen molar-refractivity contribution < 1.29 is 14.3 Å². The number of urea groups is 1. The monoisotopic (exact) mass is 317 g/mol. The first-order valence-electron chi connectivity index (χ1n) is 8.12. The Morgan fingerprint density at radius 2 is 2.04 bits per heavy atom. The van der Waals surface area contributed by atoms with E-state index in [0.29, 0.717) is 12.5 Å². The molecule has 0 bridgehead atoms. The Bertz CT molecular complexity index is 582. The Kier molecular flexibility index (Phi) is 4.69. The van der Waals surface area contributed by atoms with Crippen LogP contribution in [0.25, 0.3) is 0 Å². The molecule has 0 aliphatic carbocycles. The van der Waals surface area contributed by atoms with Gasteiger partial charge in [0.2, 0.25) is 5.91 Å². The number of ether oxygens (including phenoxy) is 1. The van der Waals surface area contributed by atoms with Gasteiger partial charge in [-0.15, -0.1) is 0 Å². The molecule has 2 saturated heterocycles. The van der Waals surface area contributed by atoms with Crippen molar-refractivity contribution in [2.45, 2.75) is 25.3 Å². The second-order valence-corrected chi connectivity index (χ2v) is 6.19. The first kappa shape index (κ1) is 15.6. The lowest BCUT2D eigenvalue weighted by atomic mass is 9.89. The third-order valence-corrected chi connectivity index (χ3v) is 4.70. The van der Waals surface area contributed by atoms with E-state index in [1.165, 1.54) is 5.56 Å². The molecule has 1 aromatic carbocycles. The zero-order valence-electron chi connectivity index (χ0n) is 13.4. The number of hydrogen-bond donors (Lipinski definition) is 2. The minimum Gasteiger partial charge on any atom is -0.496 e. The van der Waals surface area contributed by atoms with Crippen molar-refractivity contribution in [3.8, 4) is 5.75 Å². The molecule has 2 N–H and O–H groups in total. The standard InChI is InChI=1S/C17H23N3O3/c1-23-15-5-3-2-4-13(15)10-12-6-8-20(9-7-12)16(21)14-11-18-17(22)19-14/h2-5,12,14H,6-11H2,1H3,(H2,18,19,22). The third kappa shape index (κ3) is 3.57. The predicted molar refractivity (Wildman–Crippen MR) is 86.3 cm³/mol. The lowest BCUT2D eigenvalue weighted by Crippen LogP contribution is -2.48. The topological polar surface area (TPSA) is 70.7 Å². The van der Waals surface area contributed by atoms with Gasteiger partial charge in [0.1, 0.15) is 11.8 Å². The van der Waals surface area contributed by atoms with Gasteiger partial charge in [0, 0.05) is 19.6 Å². The molecule has 2 aliphatic rings. The Morgan fingerprint density at radius 3 is 2.70 bits per heavy atom. The fourth-order valence-corrected chi connectivity index (χ4v) is 3.36. The largest absolute Gasteiger partial charge is 0.496 e. The van der Waals surface area contributed by atoms with Crippen molar-refractivity contribution in [1.29, 1.82) is 0 Å². The second-order valence-electron chi connectivity index (χ2n) is 6.19. The molecule has 0 saturated carbocycles. The Morgan fingerprint density at radius 1 is 1.30 bits per heavy atom. The van der Waals surface area contributed by atoms with Gasteiger partial charge in [-0.05, 0) is 36.8 Å². The number of benzene rings is 1. The molecule has 0 spiro atoms. The summed E-state index contributed by atoms with van der Waals surface area (Å²) >= 11 is 0. The first-order chi connectivity index (χ1) is 11.2. The van der Waals surface area contributed by atoms with E-state index >= 15 is 0 Å². The molecule has 23 heavy (non-hydrogen) atoms. The molecule has 2 heterocycles. The van der Waals surface area contributed by atoms with Crippen molar-refractivity contribution >= 4 is 11.9 Å². The average molecular weight is 317 g/mol. The molecule has 1 aromatic rings. The van der Waals surface area contributed by atoms with E-state index in [1.807, 2.05) is 23.1 Å². The summed E-state index contributed by atoms with van der Waals surface area (Å²) in [7, 11) is 1.70. The van der Waals surface area contributed by atoms with E-state index in [0.717, 1.165) is 38.1 Å².